The Labute approximate surface area is 211 Å². The summed E-state index contributed by atoms with van der Waals surface area (Å²) in [4.78, 5) is 59.2. The molecule has 1 aliphatic heterocycles. The average Bonchev–Trinajstić information content (AvgIpc) is 3.16. The number of rotatable bonds is 13. The highest BCUT2D eigenvalue weighted by Crippen LogP contribution is 2.25. The van der Waals surface area contributed by atoms with Crippen LogP contribution < -0.4 is 26.6 Å². The van der Waals surface area contributed by atoms with Crippen LogP contribution in [0.4, 0.5) is 0 Å². The van der Waals surface area contributed by atoms with Crippen LogP contribution in [-0.2, 0) is 24.0 Å². The van der Waals surface area contributed by atoms with Crippen LogP contribution >= 0.6 is 12.6 Å². The first-order valence-corrected chi connectivity index (χ1v) is 12.1. The molecule has 1 fully saturated rings. The summed E-state index contributed by atoms with van der Waals surface area (Å²) < 4.78 is 0. The number of thiol groups is 1. The van der Waals surface area contributed by atoms with Gasteiger partial charge in [0.15, 0.2) is 4.93 Å². The van der Waals surface area contributed by atoms with Gasteiger partial charge in [-0.2, -0.15) is 0 Å². The fraction of sp³-hybridized carbons (Fsp3) is 0.773. The molecule has 0 aromatic rings. The summed E-state index contributed by atoms with van der Waals surface area (Å²) in [6, 6.07) is -3.93. The highest BCUT2D eigenvalue weighted by molar-refractivity contribution is 7.81. The summed E-state index contributed by atoms with van der Waals surface area (Å²) in [6.07, 6.45) is 0.947. The number of aliphatic hydroxyl groups excluding tert-OH is 1. The molecule has 0 unspecified atom stereocenters. The van der Waals surface area contributed by atoms with Gasteiger partial charge < -0.3 is 36.8 Å². The van der Waals surface area contributed by atoms with Crippen molar-refractivity contribution >= 4 is 42.2 Å². The molecule has 0 aromatic heterocycles. The quantitative estimate of drug-likeness (QED) is 0.104. The summed E-state index contributed by atoms with van der Waals surface area (Å²) in [5, 5.41) is 32.7. The molecule has 0 saturated carbocycles. The first kappa shape index (κ1) is 30.7. The summed E-state index contributed by atoms with van der Waals surface area (Å²) in [6.45, 7) is 7.65. The van der Waals surface area contributed by atoms with Crippen molar-refractivity contribution in [1.29, 1.82) is 0 Å². The standard InChI is InChI=1S/C22H39N5O7S/c1-11(2)8-16(26-14(5)29)21(33)25-12(3)18(30)24-13(4)19(31)27-17(22(34,35)10-28)9-15-6-7-23-20(15)32/h11-13,15-17,28,34-35H,6-10H2,1-5H3,(H,23,32)(H,24,30)(H,25,33)(H,26,29)(H,27,31)/t12-,13-,15-,16-,17-,22-/m0/s1. The van der Waals surface area contributed by atoms with Gasteiger partial charge in [-0.25, -0.2) is 0 Å². The third-order valence-corrected chi connectivity index (χ3v) is 6.15. The van der Waals surface area contributed by atoms with Gasteiger partial charge in [0.25, 0.3) is 0 Å². The monoisotopic (exact) mass is 517 g/mol. The number of amides is 5. The predicted molar refractivity (Wildman–Crippen MR) is 131 cm³/mol. The van der Waals surface area contributed by atoms with E-state index in [1.54, 1.807) is 0 Å². The lowest BCUT2D eigenvalue weighted by Crippen LogP contribution is -2.58. The van der Waals surface area contributed by atoms with Crippen molar-refractivity contribution < 1.29 is 34.2 Å². The van der Waals surface area contributed by atoms with Crippen molar-refractivity contribution in [3.63, 3.8) is 0 Å². The minimum absolute atomic E-state index is 0.0473. The molecule has 0 aliphatic carbocycles. The van der Waals surface area contributed by atoms with Gasteiger partial charge in [0.05, 0.1) is 12.6 Å². The van der Waals surface area contributed by atoms with Gasteiger partial charge in [-0.3, -0.25) is 24.0 Å². The number of aliphatic hydroxyl groups is 2. The Morgan fingerprint density at radius 1 is 1.03 bits per heavy atom. The molecule has 0 aromatic carbocycles. The van der Waals surface area contributed by atoms with E-state index in [0.717, 1.165) is 0 Å². The maximum absolute atomic E-state index is 12.7. The lowest BCUT2D eigenvalue weighted by molar-refractivity contribution is -0.133. The molecule has 1 heterocycles. The second-order valence-corrected chi connectivity index (χ2v) is 10.2. The van der Waals surface area contributed by atoms with E-state index in [9.17, 15) is 34.2 Å². The molecule has 35 heavy (non-hydrogen) atoms. The molecule has 200 valence electrons. The van der Waals surface area contributed by atoms with Crippen molar-refractivity contribution in [1.82, 2.24) is 26.6 Å². The molecule has 0 radical (unpaired) electrons. The zero-order valence-corrected chi connectivity index (χ0v) is 21.8. The zero-order valence-electron chi connectivity index (χ0n) is 20.9. The Hall–Kier alpha value is -2.38. The van der Waals surface area contributed by atoms with Gasteiger partial charge in [0, 0.05) is 19.4 Å². The van der Waals surface area contributed by atoms with E-state index in [-0.39, 0.29) is 24.2 Å². The first-order chi connectivity index (χ1) is 16.2. The number of hydrogen-bond acceptors (Lipinski definition) is 8. The lowest BCUT2D eigenvalue weighted by Gasteiger charge is -2.33. The molecule has 1 rings (SSSR count). The van der Waals surface area contributed by atoms with Crippen molar-refractivity contribution in [3.8, 4) is 0 Å². The maximum atomic E-state index is 12.7. The number of hydrogen-bond donors (Lipinski definition) is 8. The van der Waals surface area contributed by atoms with E-state index < -0.39 is 59.3 Å². The number of carbonyl (C=O) groups is 5. The average molecular weight is 518 g/mol. The maximum Gasteiger partial charge on any atom is 0.243 e. The van der Waals surface area contributed by atoms with Crippen LogP contribution in [0.3, 0.4) is 0 Å². The van der Waals surface area contributed by atoms with E-state index in [4.69, 9.17) is 0 Å². The third-order valence-electron chi connectivity index (χ3n) is 5.70. The Kier molecular flexibility index (Phi) is 11.9. The normalized spacial score (nSPS) is 20.6. The molecular weight excluding hydrogens is 478 g/mol. The van der Waals surface area contributed by atoms with Gasteiger partial charge >= 0.3 is 0 Å². The van der Waals surface area contributed by atoms with Crippen LogP contribution in [0, 0.1) is 11.8 Å². The number of nitrogens with one attached hydrogen (secondary N) is 5. The summed E-state index contributed by atoms with van der Waals surface area (Å²) in [5.41, 5.74) is 0. The Bertz CT molecular complexity index is 792. The Morgan fingerprint density at radius 2 is 1.57 bits per heavy atom. The van der Waals surface area contributed by atoms with Crippen molar-refractivity contribution in [2.75, 3.05) is 13.2 Å². The summed E-state index contributed by atoms with van der Waals surface area (Å²) >= 11 is 4.03. The molecular formula is C22H39N5O7S. The summed E-state index contributed by atoms with van der Waals surface area (Å²) in [5.74, 6) is -2.76. The molecule has 5 amide bonds. The second kappa shape index (κ2) is 13.6. The van der Waals surface area contributed by atoms with Crippen LogP contribution in [0.1, 0.15) is 53.9 Å². The van der Waals surface area contributed by atoms with E-state index in [2.05, 4.69) is 39.2 Å². The molecule has 6 atom stereocenters. The zero-order chi connectivity index (χ0) is 26.9. The minimum Gasteiger partial charge on any atom is -0.392 e. The largest absolute Gasteiger partial charge is 0.392 e. The van der Waals surface area contributed by atoms with Gasteiger partial charge in [0.1, 0.15) is 18.1 Å². The smallest absolute Gasteiger partial charge is 0.243 e. The second-order valence-electron chi connectivity index (χ2n) is 9.45. The van der Waals surface area contributed by atoms with Crippen LogP contribution in [0.25, 0.3) is 0 Å². The molecule has 1 saturated heterocycles. The van der Waals surface area contributed by atoms with Crippen LogP contribution in [0.15, 0.2) is 0 Å². The molecule has 12 nitrogen and oxygen atoms in total. The van der Waals surface area contributed by atoms with Gasteiger partial charge in [-0.1, -0.05) is 13.8 Å². The minimum atomic E-state index is -1.99. The lowest BCUT2D eigenvalue weighted by atomic mass is 9.94. The van der Waals surface area contributed by atoms with E-state index in [1.165, 1.54) is 20.8 Å². The van der Waals surface area contributed by atoms with Crippen LogP contribution in [-0.4, -0.2) is 82.0 Å². The van der Waals surface area contributed by atoms with E-state index >= 15 is 0 Å². The molecule has 0 spiro atoms. The predicted octanol–water partition coefficient (Wildman–Crippen LogP) is -1.83. The molecule has 0 bridgehead atoms. The van der Waals surface area contributed by atoms with Crippen LogP contribution in [0.2, 0.25) is 0 Å². The molecule has 1 aliphatic rings. The van der Waals surface area contributed by atoms with Crippen molar-refractivity contribution in [2.45, 2.75) is 83.0 Å². The highest BCUT2D eigenvalue weighted by Gasteiger charge is 2.39. The fourth-order valence-corrected chi connectivity index (χ4v) is 3.83. The van der Waals surface area contributed by atoms with Gasteiger partial charge in [-0.05, 0) is 39.0 Å². The Morgan fingerprint density at radius 3 is 2.03 bits per heavy atom. The molecule has 13 heteroatoms. The van der Waals surface area contributed by atoms with E-state index in [0.29, 0.717) is 19.4 Å². The fourth-order valence-electron chi connectivity index (χ4n) is 3.66. The van der Waals surface area contributed by atoms with Crippen molar-refractivity contribution in [3.05, 3.63) is 0 Å². The van der Waals surface area contributed by atoms with E-state index in [1.807, 2.05) is 13.8 Å². The third kappa shape index (κ3) is 10.0. The van der Waals surface area contributed by atoms with Crippen LogP contribution in [0.5, 0.6) is 0 Å². The summed E-state index contributed by atoms with van der Waals surface area (Å²) in [7, 11) is 0. The SMILES string of the molecule is CC(=O)N[C@@H](CC(C)C)C(=O)N[C@@H](C)C(=O)N[C@@H](C)C(=O)N[C@@H](C[C@@H]1CCNC1=O)[C@@](O)(S)CO. The van der Waals surface area contributed by atoms with Gasteiger partial charge in [0.2, 0.25) is 29.5 Å². The van der Waals surface area contributed by atoms with Crippen molar-refractivity contribution in [2.24, 2.45) is 11.8 Å². The molecule has 7 N–H and O–H groups in total. The first-order valence-electron chi connectivity index (χ1n) is 11.7. The Balaban J connectivity index is 2.74. The highest BCUT2D eigenvalue weighted by atomic mass is 32.1. The number of carbonyl (C=O) groups excluding carboxylic acids is 5. The topological polar surface area (TPSA) is 186 Å². The van der Waals surface area contributed by atoms with Gasteiger partial charge in [-0.15, -0.1) is 12.6 Å².